The maximum Gasteiger partial charge on any atom is 0.251 e. The lowest BCUT2D eigenvalue weighted by Gasteiger charge is -2.24. The molecule has 0 radical (unpaired) electrons. The Labute approximate surface area is 120 Å². The first-order valence-electron chi connectivity index (χ1n) is 6.83. The molecule has 1 aromatic rings. The average Bonchev–Trinajstić information content (AvgIpc) is 2.35. The largest absolute Gasteiger partial charge is 0.494 e. The van der Waals surface area contributed by atoms with Gasteiger partial charge in [0.1, 0.15) is 5.75 Å². The fourth-order valence-electron chi connectivity index (χ4n) is 1.84. The number of nitrogens with two attached hydrogens (primary N) is 1. The van der Waals surface area contributed by atoms with Crippen LogP contribution in [0.5, 0.6) is 5.75 Å². The molecule has 0 spiro atoms. The molecule has 0 aromatic heterocycles. The van der Waals surface area contributed by atoms with Gasteiger partial charge in [-0.1, -0.05) is 0 Å². The number of amides is 1. The highest BCUT2D eigenvalue weighted by molar-refractivity contribution is 5.95. The van der Waals surface area contributed by atoms with Gasteiger partial charge in [0.25, 0.3) is 5.91 Å². The SMILES string of the molecule is CCOc1cc(N)cc(C(=O)NCC(C)(C)OCC)c1. The lowest BCUT2D eigenvalue weighted by Crippen LogP contribution is -2.40. The predicted molar refractivity (Wildman–Crippen MR) is 80.1 cm³/mol. The third kappa shape index (κ3) is 5.09. The van der Waals surface area contributed by atoms with E-state index >= 15 is 0 Å². The summed E-state index contributed by atoms with van der Waals surface area (Å²) >= 11 is 0. The van der Waals surface area contributed by atoms with Crippen molar-refractivity contribution in [3.8, 4) is 5.75 Å². The van der Waals surface area contributed by atoms with Gasteiger partial charge in [0.15, 0.2) is 0 Å². The van der Waals surface area contributed by atoms with Gasteiger partial charge < -0.3 is 20.5 Å². The van der Waals surface area contributed by atoms with E-state index in [1.807, 2.05) is 27.7 Å². The number of carbonyl (C=O) groups excluding carboxylic acids is 1. The van der Waals surface area contributed by atoms with Gasteiger partial charge in [-0.15, -0.1) is 0 Å². The first kappa shape index (κ1) is 16.3. The van der Waals surface area contributed by atoms with Crippen molar-refractivity contribution in [2.75, 3.05) is 25.5 Å². The number of benzene rings is 1. The number of carbonyl (C=O) groups is 1. The fraction of sp³-hybridized carbons (Fsp3) is 0.533. The summed E-state index contributed by atoms with van der Waals surface area (Å²) < 4.78 is 10.9. The number of hydrogen-bond acceptors (Lipinski definition) is 4. The normalized spacial score (nSPS) is 11.2. The molecule has 5 heteroatoms. The molecule has 0 saturated heterocycles. The van der Waals surface area contributed by atoms with Gasteiger partial charge in [-0.25, -0.2) is 0 Å². The topological polar surface area (TPSA) is 73.6 Å². The van der Waals surface area contributed by atoms with Crippen molar-refractivity contribution in [2.24, 2.45) is 0 Å². The molecule has 5 nitrogen and oxygen atoms in total. The van der Waals surface area contributed by atoms with E-state index in [-0.39, 0.29) is 5.91 Å². The van der Waals surface area contributed by atoms with Crippen molar-refractivity contribution in [3.63, 3.8) is 0 Å². The minimum atomic E-state index is -0.395. The zero-order valence-electron chi connectivity index (χ0n) is 12.7. The smallest absolute Gasteiger partial charge is 0.251 e. The first-order chi connectivity index (χ1) is 9.38. The number of anilines is 1. The van der Waals surface area contributed by atoms with Crippen molar-refractivity contribution in [2.45, 2.75) is 33.3 Å². The predicted octanol–water partition coefficient (Wildman–Crippen LogP) is 2.21. The Morgan fingerprint density at radius 1 is 1.25 bits per heavy atom. The van der Waals surface area contributed by atoms with Crippen LogP contribution >= 0.6 is 0 Å². The monoisotopic (exact) mass is 280 g/mol. The third-order valence-corrected chi connectivity index (χ3v) is 2.71. The summed E-state index contributed by atoms with van der Waals surface area (Å²) in [6, 6.07) is 5.01. The van der Waals surface area contributed by atoms with E-state index in [1.165, 1.54) is 0 Å². The van der Waals surface area contributed by atoms with Crippen LogP contribution in [0, 0.1) is 0 Å². The van der Waals surface area contributed by atoms with E-state index in [2.05, 4.69) is 5.32 Å². The van der Waals surface area contributed by atoms with Crippen molar-refractivity contribution in [1.82, 2.24) is 5.32 Å². The second-order valence-electron chi connectivity index (χ2n) is 5.10. The number of ether oxygens (including phenoxy) is 2. The summed E-state index contributed by atoms with van der Waals surface area (Å²) in [5, 5.41) is 2.85. The summed E-state index contributed by atoms with van der Waals surface area (Å²) in [7, 11) is 0. The van der Waals surface area contributed by atoms with Crippen molar-refractivity contribution in [1.29, 1.82) is 0 Å². The molecule has 0 aliphatic rings. The second kappa shape index (κ2) is 7.14. The maximum atomic E-state index is 12.1. The van der Waals surface area contributed by atoms with Gasteiger partial charge in [-0.3, -0.25) is 4.79 Å². The molecular formula is C15H24N2O3. The zero-order valence-corrected chi connectivity index (χ0v) is 12.7. The van der Waals surface area contributed by atoms with Gasteiger partial charge in [0, 0.05) is 30.5 Å². The Morgan fingerprint density at radius 2 is 1.95 bits per heavy atom. The minimum absolute atomic E-state index is 0.189. The third-order valence-electron chi connectivity index (χ3n) is 2.71. The van der Waals surface area contributed by atoms with Gasteiger partial charge in [0.05, 0.1) is 12.2 Å². The highest BCUT2D eigenvalue weighted by Gasteiger charge is 2.19. The standard InChI is InChI=1S/C15H24N2O3/c1-5-19-13-8-11(7-12(16)9-13)14(18)17-10-15(3,4)20-6-2/h7-9H,5-6,10,16H2,1-4H3,(H,17,18). The van der Waals surface area contributed by atoms with Crippen LogP contribution < -0.4 is 15.8 Å². The highest BCUT2D eigenvalue weighted by Crippen LogP contribution is 2.19. The second-order valence-corrected chi connectivity index (χ2v) is 5.10. The van der Waals surface area contributed by atoms with Gasteiger partial charge >= 0.3 is 0 Å². The van der Waals surface area contributed by atoms with Crippen LogP contribution in [0.3, 0.4) is 0 Å². The molecule has 0 unspecified atom stereocenters. The number of nitrogen functional groups attached to an aromatic ring is 1. The van der Waals surface area contributed by atoms with Crippen molar-refractivity contribution in [3.05, 3.63) is 23.8 Å². The van der Waals surface area contributed by atoms with E-state index in [1.54, 1.807) is 18.2 Å². The van der Waals surface area contributed by atoms with Crippen LogP contribution in [0.1, 0.15) is 38.1 Å². The maximum absolute atomic E-state index is 12.1. The van der Waals surface area contributed by atoms with Gasteiger partial charge in [-0.05, 0) is 39.8 Å². The molecule has 1 rings (SSSR count). The van der Waals surface area contributed by atoms with Crippen LogP contribution in [-0.2, 0) is 4.74 Å². The van der Waals surface area contributed by atoms with Crippen LogP contribution in [0.4, 0.5) is 5.69 Å². The van der Waals surface area contributed by atoms with E-state index in [9.17, 15) is 4.79 Å². The molecule has 20 heavy (non-hydrogen) atoms. The van der Waals surface area contributed by atoms with E-state index < -0.39 is 5.60 Å². The van der Waals surface area contributed by atoms with Crippen molar-refractivity contribution < 1.29 is 14.3 Å². The molecule has 1 amide bonds. The molecule has 0 saturated carbocycles. The Balaban J connectivity index is 2.72. The Hall–Kier alpha value is -1.75. The van der Waals surface area contributed by atoms with Crippen LogP contribution in [0.25, 0.3) is 0 Å². The highest BCUT2D eigenvalue weighted by atomic mass is 16.5. The van der Waals surface area contributed by atoms with Gasteiger partial charge in [-0.2, -0.15) is 0 Å². The first-order valence-corrected chi connectivity index (χ1v) is 6.83. The molecule has 0 fully saturated rings. The van der Waals surface area contributed by atoms with Crippen LogP contribution in [0.15, 0.2) is 18.2 Å². The molecule has 112 valence electrons. The summed E-state index contributed by atoms with van der Waals surface area (Å²) in [6.07, 6.45) is 0. The van der Waals surface area contributed by atoms with Crippen LogP contribution in [-0.4, -0.2) is 31.3 Å². The minimum Gasteiger partial charge on any atom is -0.494 e. The molecule has 1 aromatic carbocycles. The summed E-state index contributed by atoms with van der Waals surface area (Å²) in [5.41, 5.74) is 6.37. The summed E-state index contributed by atoms with van der Waals surface area (Å²) in [6.45, 7) is 9.24. The quantitative estimate of drug-likeness (QED) is 0.751. The van der Waals surface area contributed by atoms with Crippen molar-refractivity contribution >= 4 is 11.6 Å². The van der Waals surface area contributed by atoms with Gasteiger partial charge in [0.2, 0.25) is 0 Å². The number of rotatable bonds is 7. The van der Waals surface area contributed by atoms with E-state index in [4.69, 9.17) is 15.2 Å². The molecular weight excluding hydrogens is 256 g/mol. The Morgan fingerprint density at radius 3 is 2.55 bits per heavy atom. The van der Waals surface area contributed by atoms with E-state index in [0.29, 0.717) is 36.8 Å². The van der Waals surface area contributed by atoms with E-state index in [0.717, 1.165) is 0 Å². The fourth-order valence-corrected chi connectivity index (χ4v) is 1.84. The molecule has 0 atom stereocenters. The summed E-state index contributed by atoms with van der Waals surface area (Å²) in [5.74, 6) is 0.410. The summed E-state index contributed by atoms with van der Waals surface area (Å²) in [4.78, 5) is 12.1. The lowest BCUT2D eigenvalue weighted by molar-refractivity contribution is -0.00815. The number of hydrogen-bond donors (Lipinski definition) is 2. The zero-order chi connectivity index (χ0) is 15.2. The Kier molecular flexibility index (Phi) is 5.82. The van der Waals surface area contributed by atoms with Crippen LogP contribution in [0.2, 0.25) is 0 Å². The number of nitrogens with one attached hydrogen (secondary N) is 1. The lowest BCUT2D eigenvalue weighted by atomic mass is 10.1. The molecule has 0 aliphatic heterocycles. The molecule has 3 N–H and O–H groups in total. The molecule has 0 heterocycles. The average molecular weight is 280 g/mol. The Bertz CT molecular complexity index is 458. The molecule has 0 bridgehead atoms. The molecule has 0 aliphatic carbocycles.